The van der Waals surface area contributed by atoms with Gasteiger partial charge in [-0.05, 0) is 13.0 Å². The Balaban J connectivity index is 3.21. The van der Waals surface area contributed by atoms with Crippen LogP contribution < -0.4 is 0 Å². The number of aliphatic hydroxyl groups is 1. The Morgan fingerprint density at radius 3 is 2.44 bits per heavy atom. The number of aliphatic hydroxyl groups excluding tert-OH is 1. The van der Waals surface area contributed by atoms with E-state index in [1.165, 1.54) is 0 Å². The summed E-state index contributed by atoms with van der Waals surface area (Å²) in [5, 5.41) is 17.7. The van der Waals surface area contributed by atoms with Crippen LogP contribution in [0.4, 0.5) is 13.2 Å². The van der Waals surface area contributed by atoms with E-state index in [1.54, 1.807) is 6.92 Å². The van der Waals surface area contributed by atoms with Crippen LogP contribution in [0.5, 0.6) is 5.75 Å². The molecule has 0 aliphatic carbocycles. The second-order valence-corrected chi connectivity index (χ2v) is 3.49. The van der Waals surface area contributed by atoms with Gasteiger partial charge < -0.3 is 15.1 Å². The molecule has 18 heavy (non-hydrogen) atoms. The molecule has 0 aromatic heterocycles. The number of rotatable bonds is 4. The van der Waals surface area contributed by atoms with E-state index in [9.17, 15) is 18.0 Å². The summed E-state index contributed by atoms with van der Waals surface area (Å²) in [5.41, 5.74) is -0.776. The van der Waals surface area contributed by atoms with Crippen molar-refractivity contribution in [2.24, 2.45) is 0 Å². The maximum absolute atomic E-state index is 13.5. The number of carbonyl (C=O) groups excluding carboxylic acids is 1. The second kappa shape index (κ2) is 5.72. The maximum atomic E-state index is 13.5. The first kappa shape index (κ1) is 14.3. The van der Waals surface area contributed by atoms with E-state index in [4.69, 9.17) is 10.2 Å². The summed E-state index contributed by atoms with van der Waals surface area (Å²) in [6.45, 7) is 1.30. The van der Waals surface area contributed by atoms with Gasteiger partial charge in [0, 0.05) is 13.1 Å². The summed E-state index contributed by atoms with van der Waals surface area (Å²) < 4.78 is 39.3. The summed E-state index contributed by atoms with van der Waals surface area (Å²) >= 11 is 0. The van der Waals surface area contributed by atoms with Gasteiger partial charge in [-0.1, -0.05) is 0 Å². The molecule has 0 aliphatic rings. The zero-order valence-electron chi connectivity index (χ0n) is 9.58. The second-order valence-electron chi connectivity index (χ2n) is 3.49. The van der Waals surface area contributed by atoms with Crippen molar-refractivity contribution in [2.75, 3.05) is 19.7 Å². The molecule has 4 nitrogen and oxygen atoms in total. The van der Waals surface area contributed by atoms with E-state index in [0.717, 1.165) is 4.90 Å². The van der Waals surface area contributed by atoms with Crippen molar-refractivity contribution in [3.05, 3.63) is 29.1 Å². The number of carbonyl (C=O) groups is 1. The summed E-state index contributed by atoms with van der Waals surface area (Å²) in [5.74, 6) is -7.24. The molecule has 0 radical (unpaired) electrons. The lowest BCUT2D eigenvalue weighted by Crippen LogP contribution is -2.34. The van der Waals surface area contributed by atoms with E-state index < -0.39 is 34.7 Å². The zero-order valence-corrected chi connectivity index (χ0v) is 9.58. The molecule has 2 N–H and O–H groups in total. The molecule has 0 atom stereocenters. The molecule has 0 spiro atoms. The molecule has 0 unspecified atom stereocenters. The van der Waals surface area contributed by atoms with Crippen molar-refractivity contribution >= 4 is 5.91 Å². The Bertz CT molecular complexity index is 465. The number of likely N-dealkylation sites (N-methyl/N-ethyl adjacent to an activating group) is 1. The SMILES string of the molecule is CCN(CCO)C(=O)c1cc(F)c(F)c(O)c1F. The Labute approximate surface area is 101 Å². The Hall–Kier alpha value is -1.76. The van der Waals surface area contributed by atoms with Gasteiger partial charge in [0.05, 0.1) is 12.2 Å². The highest BCUT2D eigenvalue weighted by atomic mass is 19.2. The number of hydrogen-bond donors (Lipinski definition) is 2. The molecule has 1 aromatic rings. The van der Waals surface area contributed by atoms with Crippen molar-refractivity contribution in [3.8, 4) is 5.75 Å². The Morgan fingerprint density at radius 2 is 1.94 bits per heavy atom. The maximum Gasteiger partial charge on any atom is 0.257 e. The highest BCUT2D eigenvalue weighted by molar-refractivity contribution is 5.95. The standard InChI is InChI=1S/C11H12F3NO3/c1-2-15(3-4-16)11(18)6-5-7(12)9(14)10(17)8(6)13/h5,16-17H,2-4H2,1H3. The number of hydrogen-bond acceptors (Lipinski definition) is 3. The highest BCUT2D eigenvalue weighted by Gasteiger charge is 2.25. The largest absolute Gasteiger partial charge is 0.503 e. The highest BCUT2D eigenvalue weighted by Crippen LogP contribution is 2.26. The lowest BCUT2D eigenvalue weighted by atomic mass is 10.1. The first-order valence-electron chi connectivity index (χ1n) is 5.20. The van der Waals surface area contributed by atoms with Gasteiger partial charge in [0.15, 0.2) is 17.4 Å². The number of halogens is 3. The summed E-state index contributed by atoms with van der Waals surface area (Å²) in [6.07, 6.45) is 0. The van der Waals surface area contributed by atoms with Crippen molar-refractivity contribution in [1.29, 1.82) is 0 Å². The van der Waals surface area contributed by atoms with Gasteiger partial charge in [-0.2, -0.15) is 4.39 Å². The molecular weight excluding hydrogens is 251 g/mol. The summed E-state index contributed by atoms with van der Waals surface area (Å²) in [6, 6.07) is 0.382. The van der Waals surface area contributed by atoms with Gasteiger partial charge >= 0.3 is 0 Å². The molecule has 0 saturated carbocycles. The average Bonchev–Trinajstić information content (AvgIpc) is 2.37. The fourth-order valence-electron chi connectivity index (χ4n) is 1.44. The number of phenols is 1. The van der Waals surface area contributed by atoms with Gasteiger partial charge in [-0.15, -0.1) is 0 Å². The molecule has 1 amide bonds. The fraction of sp³-hybridized carbons (Fsp3) is 0.364. The molecule has 100 valence electrons. The van der Waals surface area contributed by atoms with E-state index in [1.807, 2.05) is 0 Å². The van der Waals surface area contributed by atoms with Crippen LogP contribution in [0.2, 0.25) is 0 Å². The van der Waals surface area contributed by atoms with Gasteiger partial charge in [0.2, 0.25) is 5.82 Å². The van der Waals surface area contributed by atoms with Crippen LogP contribution in [0.3, 0.4) is 0 Å². The molecule has 0 fully saturated rings. The molecule has 0 heterocycles. The topological polar surface area (TPSA) is 60.8 Å². The summed E-state index contributed by atoms with van der Waals surface area (Å²) in [4.78, 5) is 12.8. The predicted octanol–water partition coefficient (Wildman–Crippen LogP) is 1.26. The van der Waals surface area contributed by atoms with Crippen molar-refractivity contribution < 1.29 is 28.2 Å². The van der Waals surface area contributed by atoms with Crippen LogP contribution in [0, 0.1) is 17.5 Å². The van der Waals surface area contributed by atoms with E-state index in [-0.39, 0.29) is 19.7 Å². The number of amides is 1. The number of nitrogens with zero attached hydrogens (tertiary/aromatic N) is 1. The van der Waals surface area contributed by atoms with Crippen LogP contribution >= 0.6 is 0 Å². The van der Waals surface area contributed by atoms with Crippen LogP contribution in [0.25, 0.3) is 0 Å². The van der Waals surface area contributed by atoms with Gasteiger partial charge in [0.1, 0.15) is 0 Å². The first-order chi connectivity index (χ1) is 8.43. The van der Waals surface area contributed by atoms with Crippen molar-refractivity contribution in [1.82, 2.24) is 4.90 Å². The van der Waals surface area contributed by atoms with Crippen LogP contribution in [-0.2, 0) is 0 Å². The third kappa shape index (κ3) is 2.56. The average molecular weight is 263 g/mol. The van der Waals surface area contributed by atoms with Crippen LogP contribution in [0.1, 0.15) is 17.3 Å². The Kier molecular flexibility index (Phi) is 4.55. The zero-order chi connectivity index (χ0) is 13.9. The van der Waals surface area contributed by atoms with Crippen LogP contribution in [-0.4, -0.2) is 40.7 Å². The first-order valence-corrected chi connectivity index (χ1v) is 5.20. The Morgan fingerprint density at radius 1 is 1.33 bits per heavy atom. The quantitative estimate of drug-likeness (QED) is 0.804. The molecule has 7 heteroatoms. The molecule has 0 bridgehead atoms. The normalized spacial score (nSPS) is 10.5. The molecular formula is C11H12F3NO3. The predicted molar refractivity (Wildman–Crippen MR) is 56.6 cm³/mol. The smallest absolute Gasteiger partial charge is 0.257 e. The molecule has 0 saturated heterocycles. The van der Waals surface area contributed by atoms with E-state index in [2.05, 4.69) is 0 Å². The number of aromatic hydroxyl groups is 1. The third-order valence-corrected chi connectivity index (χ3v) is 2.40. The lowest BCUT2D eigenvalue weighted by Gasteiger charge is -2.20. The number of benzene rings is 1. The fourth-order valence-corrected chi connectivity index (χ4v) is 1.44. The molecule has 0 aliphatic heterocycles. The van der Waals surface area contributed by atoms with E-state index >= 15 is 0 Å². The molecule has 1 rings (SSSR count). The number of phenolic OH excluding ortho intramolecular Hbond substituents is 1. The van der Waals surface area contributed by atoms with Crippen molar-refractivity contribution in [2.45, 2.75) is 6.92 Å². The monoisotopic (exact) mass is 263 g/mol. The van der Waals surface area contributed by atoms with Gasteiger partial charge in [-0.3, -0.25) is 4.79 Å². The van der Waals surface area contributed by atoms with Gasteiger partial charge in [0.25, 0.3) is 5.91 Å². The lowest BCUT2D eigenvalue weighted by molar-refractivity contribution is 0.0725. The third-order valence-electron chi connectivity index (χ3n) is 2.40. The van der Waals surface area contributed by atoms with E-state index in [0.29, 0.717) is 6.07 Å². The van der Waals surface area contributed by atoms with Crippen molar-refractivity contribution in [3.63, 3.8) is 0 Å². The molecule has 1 aromatic carbocycles. The summed E-state index contributed by atoms with van der Waals surface area (Å²) in [7, 11) is 0. The minimum absolute atomic E-state index is 0.0749. The van der Waals surface area contributed by atoms with Gasteiger partial charge in [-0.25, -0.2) is 8.78 Å². The minimum atomic E-state index is -1.74. The minimum Gasteiger partial charge on any atom is -0.503 e. The van der Waals surface area contributed by atoms with Crippen LogP contribution in [0.15, 0.2) is 6.07 Å².